The molecular formula is C28H27ClN4O4S. The number of nitrogens with zero attached hydrogens (tertiary/aromatic N) is 3. The first kappa shape index (κ1) is 26.1. The fourth-order valence-electron chi connectivity index (χ4n) is 4.72. The zero-order valence-corrected chi connectivity index (χ0v) is 22.6. The van der Waals surface area contributed by atoms with Crippen molar-refractivity contribution in [3.8, 4) is 0 Å². The van der Waals surface area contributed by atoms with E-state index < -0.39 is 17.4 Å². The number of anilines is 1. The van der Waals surface area contributed by atoms with Gasteiger partial charge in [0, 0.05) is 43.3 Å². The minimum absolute atomic E-state index is 0.0202. The second kappa shape index (κ2) is 10.7. The van der Waals surface area contributed by atoms with Crippen LogP contribution in [0, 0.1) is 0 Å². The van der Waals surface area contributed by atoms with E-state index in [2.05, 4.69) is 5.32 Å². The van der Waals surface area contributed by atoms with Crippen LogP contribution in [0.3, 0.4) is 0 Å². The lowest BCUT2D eigenvalue weighted by molar-refractivity contribution is -0.119. The Kier molecular flexibility index (Phi) is 7.36. The van der Waals surface area contributed by atoms with Crippen molar-refractivity contribution in [2.24, 2.45) is 0 Å². The second-order valence-electron chi connectivity index (χ2n) is 9.54. The Balaban J connectivity index is 1.47. The number of likely N-dealkylation sites (N-methyl/N-ethyl adjacent to an activating group) is 2. The monoisotopic (exact) mass is 550 g/mol. The Bertz CT molecular complexity index is 1570. The number of pyridine rings is 1. The Morgan fingerprint density at radius 3 is 2.66 bits per heavy atom. The summed E-state index contributed by atoms with van der Waals surface area (Å²) in [5.41, 5.74) is 3.33. The molecule has 1 aliphatic heterocycles. The number of aliphatic hydroxyl groups excluding tert-OH is 1. The van der Waals surface area contributed by atoms with Crippen molar-refractivity contribution in [2.45, 2.75) is 25.7 Å². The van der Waals surface area contributed by atoms with Crippen molar-refractivity contribution in [1.29, 1.82) is 0 Å². The lowest BCUT2D eigenvalue weighted by Gasteiger charge is -2.29. The van der Waals surface area contributed by atoms with Crippen LogP contribution in [0.5, 0.6) is 0 Å². The summed E-state index contributed by atoms with van der Waals surface area (Å²) < 4.78 is 1.68. The molecule has 5 rings (SSSR count). The van der Waals surface area contributed by atoms with Gasteiger partial charge in [0.2, 0.25) is 11.3 Å². The zero-order chi connectivity index (χ0) is 27.0. The van der Waals surface area contributed by atoms with Crippen LogP contribution < -0.4 is 15.6 Å². The third-order valence-corrected chi connectivity index (χ3v) is 7.68. The summed E-state index contributed by atoms with van der Waals surface area (Å²) in [6.07, 6.45) is 0.835. The van der Waals surface area contributed by atoms with E-state index >= 15 is 0 Å². The number of aliphatic hydroxyl groups is 1. The van der Waals surface area contributed by atoms with Crippen LogP contribution in [0.4, 0.5) is 5.69 Å². The van der Waals surface area contributed by atoms with E-state index in [0.717, 1.165) is 16.7 Å². The van der Waals surface area contributed by atoms with Gasteiger partial charge in [-0.05, 0) is 64.8 Å². The number of nitrogens with one attached hydrogen (secondary N) is 1. The van der Waals surface area contributed by atoms with Gasteiger partial charge < -0.3 is 19.9 Å². The van der Waals surface area contributed by atoms with Crippen molar-refractivity contribution < 1.29 is 14.7 Å². The first-order valence-corrected chi connectivity index (χ1v) is 13.4. The van der Waals surface area contributed by atoms with Crippen LogP contribution in [0.1, 0.15) is 33.2 Å². The number of rotatable bonds is 8. The van der Waals surface area contributed by atoms with E-state index in [1.54, 1.807) is 46.8 Å². The quantitative estimate of drug-likeness (QED) is 0.348. The van der Waals surface area contributed by atoms with Gasteiger partial charge in [0.05, 0.1) is 17.3 Å². The predicted octanol–water partition coefficient (Wildman–Crippen LogP) is 3.79. The van der Waals surface area contributed by atoms with Crippen molar-refractivity contribution in [1.82, 2.24) is 14.8 Å². The normalized spacial score (nSPS) is 13.8. The third kappa shape index (κ3) is 5.23. The molecule has 1 aliphatic rings. The van der Waals surface area contributed by atoms with Crippen LogP contribution >= 0.6 is 22.9 Å². The molecule has 0 radical (unpaired) electrons. The molecule has 196 valence electrons. The molecule has 0 fully saturated rings. The van der Waals surface area contributed by atoms with Crippen LogP contribution in [-0.2, 0) is 24.4 Å². The van der Waals surface area contributed by atoms with Gasteiger partial charge in [-0.15, -0.1) is 0 Å². The van der Waals surface area contributed by atoms with Crippen LogP contribution in [0.2, 0.25) is 5.02 Å². The molecule has 10 heteroatoms. The summed E-state index contributed by atoms with van der Waals surface area (Å²) in [6.45, 7) is 1.11. The molecule has 0 saturated heterocycles. The molecule has 0 bridgehead atoms. The molecule has 0 aliphatic carbocycles. The Labute approximate surface area is 228 Å². The molecule has 1 atom stereocenters. The molecule has 8 nitrogen and oxygen atoms in total. The molecule has 3 heterocycles. The molecule has 0 unspecified atom stereocenters. The van der Waals surface area contributed by atoms with E-state index in [0.29, 0.717) is 34.7 Å². The topological polar surface area (TPSA) is 94.9 Å². The van der Waals surface area contributed by atoms with Gasteiger partial charge in [-0.2, -0.15) is 11.3 Å². The molecule has 2 N–H and O–H groups in total. The summed E-state index contributed by atoms with van der Waals surface area (Å²) in [4.78, 5) is 43.0. The number of hydrogen-bond donors (Lipinski definition) is 2. The minimum Gasteiger partial charge on any atom is -0.387 e. The van der Waals surface area contributed by atoms with Crippen LogP contribution in [0.25, 0.3) is 10.9 Å². The predicted molar refractivity (Wildman–Crippen MR) is 150 cm³/mol. The number of amides is 2. The number of halogens is 1. The SMILES string of the molecule is CN(Cc1cc2c3c(c1)c(=O)c(C(=O)NCc1ccc(Cl)cc1)cn3CC(=O)N2C)C[C@H](O)c1ccsc1. The number of carbonyl (C=O) groups is 2. The lowest BCUT2D eigenvalue weighted by atomic mass is 10.0. The number of carbonyl (C=O) groups excluding carboxylic acids is 2. The van der Waals surface area contributed by atoms with Crippen molar-refractivity contribution >= 4 is 51.3 Å². The van der Waals surface area contributed by atoms with E-state index in [1.807, 2.05) is 34.8 Å². The van der Waals surface area contributed by atoms with Gasteiger partial charge in [-0.3, -0.25) is 19.3 Å². The maximum atomic E-state index is 13.6. The van der Waals surface area contributed by atoms with Gasteiger partial charge >= 0.3 is 0 Å². The lowest BCUT2D eigenvalue weighted by Crippen LogP contribution is -2.37. The average molecular weight is 551 g/mol. The molecule has 2 aromatic carbocycles. The van der Waals surface area contributed by atoms with Gasteiger partial charge in [-0.1, -0.05) is 23.7 Å². The van der Waals surface area contributed by atoms with E-state index in [1.165, 1.54) is 17.5 Å². The molecule has 38 heavy (non-hydrogen) atoms. The highest BCUT2D eigenvalue weighted by Gasteiger charge is 2.27. The van der Waals surface area contributed by atoms with E-state index in [4.69, 9.17) is 11.6 Å². The second-order valence-corrected chi connectivity index (χ2v) is 10.8. The Morgan fingerprint density at radius 2 is 1.95 bits per heavy atom. The Morgan fingerprint density at radius 1 is 1.18 bits per heavy atom. The number of hydrogen-bond acceptors (Lipinski definition) is 6. The van der Waals surface area contributed by atoms with Crippen molar-refractivity contribution in [2.75, 3.05) is 25.5 Å². The number of aromatic nitrogens is 1. The Hall–Kier alpha value is -3.50. The van der Waals surface area contributed by atoms with Gasteiger partial charge in [0.25, 0.3) is 5.91 Å². The van der Waals surface area contributed by atoms with Gasteiger partial charge in [-0.25, -0.2) is 0 Å². The summed E-state index contributed by atoms with van der Waals surface area (Å²) in [5.74, 6) is -0.654. The standard InChI is InChI=1S/C28H27ClN4O4S/c1-31(14-24(34)19-7-8-38-16-19)12-18-9-21-26-23(10-18)32(2)25(35)15-33(26)13-22(27(21)36)28(37)30-11-17-3-5-20(29)6-4-17/h3-10,13,16,24,34H,11-12,14-15H2,1-2H3,(H,30,37)/t24-/m0/s1. The summed E-state index contributed by atoms with van der Waals surface area (Å²) >= 11 is 7.47. The molecule has 2 amide bonds. The molecule has 2 aromatic heterocycles. The van der Waals surface area contributed by atoms with Gasteiger partial charge in [0.15, 0.2) is 0 Å². The number of benzene rings is 2. The highest BCUT2D eigenvalue weighted by molar-refractivity contribution is 7.07. The fourth-order valence-corrected chi connectivity index (χ4v) is 5.55. The van der Waals surface area contributed by atoms with E-state index in [-0.39, 0.29) is 24.6 Å². The molecular weight excluding hydrogens is 524 g/mol. The molecule has 4 aromatic rings. The minimum atomic E-state index is -0.637. The first-order chi connectivity index (χ1) is 18.2. The smallest absolute Gasteiger partial charge is 0.257 e. The maximum absolute atomic E-state index is 13.6. The van der Waals surface area contributed by atoms with Crippen LogP contribution in [0.15, 0.2) is 64.2 Å². The zero-order valence-electron chi connectivity index (χ0n) is 21.0. The van der Waals surface area contributed by atoms with Gasteiger partial charge in [0.1, 0.15) is 12.1 Å². The van der Waals surface area contributed by atoms with Crippen LogP contribution in [-0.4, -0.2) is 47.0 Å². The van der Waals surface area contributed by atoms with Crippen molar-refractivity contribution in [3.63, 3.8) is 0 Å². The fraction of sp³-hybridized carbons (Fsp3) is 0.250. The highest BCUT2D eigenvalue weighted by atomic mass is 35.5. The molecule has 0 spiro atoms. The third-order valence-electron chi connectivity index (χ3n) is 6.73. The molecule has 0 saturated carbocycles. The van der Waals surface area contributed by atoms with Crippen molar-refractivity contribution in [3.05, 3.63) is 96.9 Å². The largest absolute Gasteiger partial charge is 0.387 e. The maximum Gasteiger partial charge on any atom is 0.257 e. The summed E-state index contributed by atoms with van der Waals surface area (Å²) in [7, 11) is 3.57. The number of thiophene rings is 1. The average Bonchev–Trinajstić information content (AvgIpc) is 3.43. The van der Waals surface area contributed by atoms with E-state index in [9.17, 15) is 19.5 Å². The summed E-state index contributed by atoms with van der Waals surface area (Å²) in [5, 5.41) is 18.2. The first-order valence-electron chi connectivity index (χ1n) is 12.1. The highest BCUT2D eigenvalue weighted by Crippen LogP contribution is 2.31. The summed E-state index contributed by atoms with van der Waals surface area (Å²) in [6, 6.07) is 12.6.